The van der Waals surface area contributed by atoms with E-state index in [-0.39, 0.29) is 6.04 Å². The number of methoxy groups -OCH3 is 1. The van der Waals surface area contributed by atoms with Gasteiger partial charge in [-0.2, -0.15) is 0 Å². The molecule has 122 valence electrons. The highest BCUT2D eigenvalue weighted by Gasteiger charge is 2.19. The minimum atomic E-state index is 0.0707. The third kappa shape index (κ3) is 4.89. The molecule has 0 aliphatic rings. The molecule has 0 aliphatic heterocycles. The fourth-order valence-corrected chi connectivity index (χ4v) is 2.76. The van der Waals surface area contributed by atoms with E-state index in [0.717, 1.165) is 11.3 Å². The zero-order valence-electron chi connectivity index (χ0n) is 13.2. The number of pyridine rings is 1. The molecule has 1 heterocycles. The van der Waals surface area contributed by atoms with Crippen LogP contribution in [-0.2, 0) is 4.74 Å². The van der Waals surface area contributed by atoms with Gasteiger partial charge in [-0.25, -0.2) is 0 Å². The van der Waals surface area contributed by atoms with E-state index in [4.69, 9.17) is 28.6 Å². The van der Waals surface area contributed by atoms with Gasteiger partial charge in [0.1, 0.15) is 0 Å². The Hall–Kier alpha value is -1.69. The molecule has 2 rings (SSSR count). The molecule has 1 N–H and O–H groups in total. The van der Waals surface area contributed by atoms with Gasteiger partial charge in [0, 0.05) is 26.0 Å². The average Bonchev–Trinajstić information content (AvgIpc) is 2.58. The summed E-state index contributed by atoms with van der Waals surface area (Å²) < 4.78 is 5.21. The molecule has 1 aromatic heterocycles. The van der Waals surface area contributed by atoms with Gasteiger partial charge in [-0.15, -0.1) is 0 Å². The SMILES string of the molecule is COCCN(C(=S)Nc1ccccc1Cl)[C@@H](C)c1cccnc1. The second-order valence-electron chi connectivity index (χ2n) is 5.06. The number of nitrogens with zero attached hydrogens (tertiary/aromatic N) is 2. The first-order valence-electron chi connectivity index (χ1n) is 7.34. The maximum atomic E-state index is 6.20. The summed E-state index contributed by atoms with van der Waals surface area (Å²) in [6, 6.07) is 11.6. The quantitative estimate of drug-likeness (QED) is 0.793. The van der Waals surface area contributed by atoms with Gasteiger partial charge in [0.05, 0.1) is 23.4 Å². The Labute approximate surface area is 147 Å². The van der Waals surface area contributed by atoms with E-state index in [1.54, 1.807) is 13.3 Å². The lowest BCUT2D eigenvalue weighted by Gasteiger charge is -2.32. The Balaban J connectivity index is 2.17. The minimum absolute atomic E-state index is 0.0707. The smallest absolute Gasteiger partial charge is 0.174 e. The molecule has 0 fully saturated rings. The summed E-state index contributed by atoms with van der Waals surface area (Å²) in [4.78, 5) is 6.25. The number of nitrogens with one attached hydrogen (secondary N) is 1. The first kappa shape index (κ1) is 17.7. The topological polar surface area (TPSA) is 37.4 Å². The number of para-hydroxylation sites is 1. The Morgan fingerprint density at radius 3 is 2.78 bits per heavy atom. The number of hydrogen-bond donors (Lipinski definition) is 1. The summed E-state index contributed by atoms with van der Waals surface area (Å²) in [6.07, 6.45) is 3.61. The number of aromatic nitrogens is 1. The summed E-state index contributed by atoms with van der Waals surface area (Å²) in [5, 5.41) is 4.46. The molecule has 0 radical (unpaired) electrons. The van der Waals surface area contributed by atoms with Crippen molar-refractivity contribution in [3.05, 3.63) is 59.4 Å². The van der Waals surface area contributed by atoms with Crippen LogP contribution in [0, 0.1) is 0 Å². The van der Waals surface area contributed by atoms with Crippen molar-refractivity contribution in [1.29, 1.82) is 0 Å². The van der Waals surface area contributed by atoms with Gasteiger partial charge in [0.15, 0.2) is 5.11 Å². The van der Waals surface area contributed by atoms with Crippen molar-refractivity contribution < 1.29 is 4.74 Å². The summed E-state index contributed by atoms with van der Waals surface area (Å²) in [5.41, 5.74) is 1.88. The molecular weight excluding hydrogens is 330 g/mol. The van der Waals surface area contributed by atoms with Crippen LogP contribution in [0.2, 0.25) is 5.02 Å². The molecule has 0 aliphatic carbocycles. The van der Waals surface area contributed by atoms with Crippen molar-refractivity contribution >= 4 is 34.6 Å². The summed E-state index contributed by atoms with van der Waals surface area (Å²) in [6.45, 7) is 3.34. The van der Waals surface area contributed by atoms with Crippen LogP contribution in [0.25, 0.3) is 0 Å². The third-order valence-electron chi connectivity index (χ3n) is 3.55. The standard InChI is InChI=1S/C17H20ClN3OS/c1-13(14-6-5-9-19-12-14)21(10-11-22-2)17(23)20-16-8-4-3-7-15(16)18/h3-9,12-13H,10-11H2,1-2H3,(H,20,23)/t13-/m0/s1. The van der Waals surface area contributed by atoms with E-state index in [9.17, 15) is 0 Å². The Bertz CT molecular complexity index is 639. The van der Waals surface area contributed by atoms with Gasteiger partial charge >= 0.3 is 0 Å². The zero-order valence-corrected chi connectivity index (χ0v) is 14.8. The molecule has 0 saturated heterocycles. The van der Waals surface area contributed by atoms with E-state index >= 15 is 0 Å². The van der Waals surface area contributed by atoms with Crippen LogP contribution in [0.4, 0.5) is 5.69 Å². The highest BCUT2D eigenvalue weighted by molar-refractivity contribution is 7.80. The number of thiocarbonyl (C=S) groups is 1. The molecule has 0 spiro atoms. The summed E-state index contributed by atoms with van der Waals surface area (Å²) >= 11 is 11.8. The largest absolute Gasteiger partial charge is 0.383 e. The normalized spacial score (nSPS) is 11.8. The predicted octanol–water partition coefficient (Wildman–Crippen LogP) is 4.14. The van der Waals surface area contributed by atoms with Gasteiger partial charge in [-0.05, 0) is 42.9 Å². The maximum absolute atomic E-state index is 6.20. The fraction of sp³-hybridized carbons (Fsp3) is 0.294. The third-order valence-corrected chi connectivity index (χ3v) is 4.21. The Morgan fingerprint density at radius 1 is 1.35 bits per heavy atom. The molecule has 0 amide bonds. The van der Waals surface area contributed by atoms with E-state index < -0.39 is 0 Å². The second kappa shape index (κ2) is 8.82. The molecular formula is C17H20ClN3OS. The predicted molar refractivity (Wildman–Crippen MR) is 98.9 cm³/mol. The first-order chi connectivity index (χ1) is 11.1. The van der Waals surface area contributed by atoms with E-state index in [1.165, 1.54) is 0 Å². The van der Waals surface area contributed by atoms with Crippen molar-refractivity contribution in [2.75, 3.05) is 25.6 Å². The number of anilines is 1. The van der Waals surface area contributed by atoms with Crippen molar-refractivity contribution in [3.63, 3.8) is 0 Å². The van der Waals surface area contributed by atoms with Crippen LogP contribution >= 0.6 is 23.8 Å². The average molecular weight is 350 g/mol. The van der Waals surface area contributed by atoms with Crippen LogP contribution in [0.3, 0.4) is 0 Å². The molecule has 6 heteroatoms. The molecule has 0 saturated carbocycles. The number of hydrogen-bond acceptors (Lipinski definition) is 3. The van der Waals surface area contributed by atoms with Crippen molar-refractivity contribution in [2.24, 2.45) is 0 Å². The lowest BCUT2D eigenvalue weighted by atomic mass is 10.1. The van der Waals surface area contributed by atoms with Gasteiger partial charge in [-0.1, -0.05) is 29.8 Å². The number of ether oxygens (including phenoxy) is 1. The number of rotatable bonds is 6. The van der Waals surface area contributed by atoms with Gasteiger partial charge in [0.2, 0.25) is 0 Å². The first-order valence-corrected chi connectivity index (χ1v) is 8.13. The minimum Gasteiger partial charge on any atom is -0.383 e. The molecule has 23 heavy (non-hydrogen) atoms. The maximum Gasteiger partial charge on any atom is 0.174 e. The monoisotopic (exact) mass is 349 g/mol. The number of benzene rings is 1. The van der Waals surface area contributed by atoms with Crippen molar-refractivity contribution in [2.45, 2.75) is 13.0 Å². The highest BCUT2D eigenvalue weighted by Crippen LogP contribution is 2.24. The van der Waals surface area contributed by atoms with E-state index in [2.05, 4.69) is 22.1 Å². The van der Waals surface area contributed by atoms with Crippen molar-refractivity contribution in [3.8, 4) is 0 Å². The number of halogens is 1. The van der Waals surface area contributed by atoms with Crippen LogP contribution < -0.4 is 5.32 Å². The fourth-order valence-electron chi connectivity index (χ4n) is 2.21. The van der Waals surface area contributed by atoms with E-state index in [0.29, 0.717) is 23.3 Å². The van der Waals surface area contributed by atoms with Crippen LogP contribution in [0.5, 0.6) is 0 Å². The van der Waals surface area contributed by atoms with Crippen molar-refractivity contribution in [1.82, 2.24) is 9.88 Å². The lowest BCUT2D eigenvalue weighted by molar-refractivity contribution is 0.165. The lowest BCUT2D eigenvalue weighted by Crippen LogP contribution is -2.39. The van der Waals surface area contributed by atoms with E-state index in [1.807, 2.05) is 42.6 Å². The summed E-state index contributed by atoms with van der Waals surface area (Å²) in [7, 11) is 1.68. The zero-order chi connectivity index (χ0) is 16.7. The summed E-state index contributed by atoms with van der Waals surface area (Å²) in [5.74, 6) is 0. The Kier molecular flexibility index (Phi) is 6.77. The molecule has 1 aromatic carbocycles. The van der Waals surface area contributed by atoms with Crippen LogP contribution in [0.15, 0.2) is 48.8 Å². The molecule has 4 nitrogen and oxygen atoms in total. The van der Waals surface area contributed by atoms with Crippen LogP contribution in [-0.4, -0.2) is 35.3 Å². The molecule has 2 aromatic rings. The van der Waals surface area contributed by atoms with Crippen LogP contribution in [0.1, 0.15) is 18.5 Å². The van der Waals surface area contributed by atoms with Gasteiger partial charge < -0.3 is 15.0 Å². The van der Waals surface area contributed by atoms with Gasteiger partial charge in [-0.3, -0.25) is 4.98 Å². The highest BCUT2D eigenvalue weighted by atomic mass is 35.5. The second-order valence-corrected chi connectivity index (χ2v) is 5.85. The molecule has 0 unspecified atom stereocenters. The molecule has 0 bridgehead atoms. The molecule has 1 atom stereocenters. The van der Waals surface area contributed by atoms with Gasteiger partial charge in [0.25, 0.3) is 0 Å². The Morgan fingerprint density at radius 2 is 2.13 bits per heavy atom.